The van der Waals surface area contributed by atoms with Crippen molar-refractivity contribution in [2.24, 2.45) is 0 Å². The van der Waals surface area contributed by atoms with Crippen LogP contribution in [0.25, 0.3) is 33.2 Å². The molecule has 1 amide bonds. The molecule has 0 radical (unpaired) electrons. The summed E-state index contributed by atoms with van der Waals surface area (Å²) in [5, 5.41) is 3.89. The summed E-state index contributed by atoms with van der Waals surface area (Å²) >= 11 is 0. The number of nitrogens with one attached hydrogen (secondary N) is 1. The number of pyridine rings is 1. The first-order chi connectivity index (χ1) is 12.7. The molecule has 4 rings (SSSR count). The van der Waals surface area contributed by atoms with Gasteiger partial charge in [0.1, 0.15) is 0 Å². The Kier molecular flexibility index (Phi) is 4.20. The van der Waals surface area contributed by atoms with Gasteiger partial charge in [-0.1, -0.05) is 60.7 Å². The standard InChI is InChI=1S/C23H18N2O/c1-16(26)25-19-12-13-22-20(14-19)23(18-10-6-3-7-11-18)21(15-24-22)17-8-4-2-5-9-17/h2-15H,1H3,(H,25,26). The van der Waals surface area contributed by atoms with Crippen LogP contribution in [0.3, 0.4) is 0 Å². The molecule has 0 atom stereocenters. The van der Waals surface area contributed by atoms with E-state index in [1.165, 1.54) is 6.92 Å². The lowest BCUT2D eigenvalue weighted by atomic mass is 9.92. The van der Waals surface area contributed by atoms with Crippen molar-refractivity contribution in [1.82, 2.24) is 4.98 Å². The lowest BCUT2D eigenvalue weighted by molar-refractivity contribution is -0.114. The third kappa shape index (κ3) is 3.07. The van der Waals surface area contributed by atoms with Gasteiger partial charge in [-0.25, -0.2) is 0 Å². The van der Waals surface area contributed by atoms with Crippen LogP contribution in [0, 0.1) is 0 Å². The van der Waals surface area contributed by atoms with Crippen LogP contribution >= 0.6 is 0 Å². The van der Waals surface area contributed by atoms with E-state index in [1.807, 2.05) is 60.8 Å². The van der Waals surface area contributed by atoms with E-state index < -0.39 is 0 Å². The molecule has 0 saturated heterocycles. The quantitative estimate of drug-likeness (QED) is 0.534. The summed E-state index contributed by atoms with van der Waals surface area (Å²) in [6.45, 7) is 1.51. The number of hydrogen-bond acceptors (Lipinski definition) is 2. The van der Waals surface area contributed by atoms with Crippen molar-refractivity contribution in [2.45, 2.75) is 6.92 Å². The van der Waals surface area contributed by atoms with Crippen LogP contribution in [-0.2, 0) is 4.79 Å². The van der Waals surface area contributed by atoms with E-state index in [2.05, 4.69) is 34.6 Å². The molecule has 4 aromatic rings. The van der Waals surface area contributed by atoms with Crippen LogP contribution in [0.5, 0.6) is 0 Å². The van der Waals surface area contributed by atoms with Crippen LogP contribution in [0.1, 0.15) is 6.92 Å². The van der Waals surface area contributed by atoms with E-state index in [0.29, 0.717) is 0 Å². The van der Waals surface area contributed by atoms with Crippen molar-refractivity contribution < 1.29 is 4.79 Å². The summed E-state index contributed by atoms with van der Waals surface area (Å²) in [7, 11) is 0. The number of nitrogens with zero attached hydrogens (tertiary/aromatic N) is 1. The van der Waals surface area contributed by atoms with Gasteiger partial charge in [-0.3, -0.25) is 9.78 Å². The molecule has 0 aliphatic heterocycles. The van der Waals surface area contributed by atoms with Gasteiger partial charge in [0.25, 0.3) is 0 Å². The SMILES string of the molecule is CC(=O)Nc1ccc2ncc(-c3ccccc3)c(-c3ccccc3)c2c1. The van der Waals surface area contributed by atoms with Gasteiger partial charge in [0.2, 0.25) is 5.91 Å². The molecule has 1 aromatic heterocycles. The monoisotopic (exact) mass is 338 g/mol. The second-order valence-electron chi connectivity index (χ2n) is 6.19. The zero-order valence-electron chi connectivity index (χ0n) is 14.4. The first kappa shape index (κ1) is 16.0. The number of carbonyl (C=O) groups excluding carboxylic acids is 1. The number of hydrogen-bond donors (Lipinski definition) is 1. The molecule has 0 aliphatic rings. The Morgan fingerprint density at radius 1 is 0.846 bits per heavy atom. The van der Waals surface area contributed by atoms with Gasteiger partial charge in [0, 0.05) is 35.3 Å². The number of carbonyl (C=O) groups is 1. The summed E-state index contributed by atoms with van der Waals surface area (Å²) in [6.07, 6.45) is 1.93. The summed E-state index contributed by atoms with van der Waals surface area (Å²) in [6, 6.07) is 26.4. The van der Waals surface area contributed by atoms with Crippen molar-refractivity contribution in [1.29, 1.82) is 0 Å². The van der Waals surface area contributed by atoms with Crippen LogP contribution in [-0.4, -0.2) is 10.9 Å². The van der Waals surface area contributed by atoms with Gasteiger partial charge in [-0.2, -0.15) is 0 Å². The number of aromatic nitrogens is 1. The third-order valence-corrected chi connectivity index (χ3v) is 4.34. The molecular weight excluding hydrogens is 320 g/mol. The minimum Gasteiger partial charge on any atom is -0.326 e. The molecule has 0 saturated carbocycles. The highest BCUT2D eigenvalue weighted by atomic mass is 16.1. The molecule has 0 fully saturated rings. The summed E-state index contributed by atoms with van der Waals surface area (Å²) in [4.78, 5) is 16.1. The highest BCUT2D eigenvalue weighted by molar-refractivity contribution is 6.04. The lowest BCUT2D eigenvalue weighted by Crippen LogP contribution is -2.05. The highest BCUT2D eigenvalue weighted by Gasteiger charge is 2.13. The molecule has 1 N–H and O–H groups in total. The Labute approximate surface area is 152 Å². The topological polar surface area (TPSA) is 42.0 Å². The predicted molar refractivity (Wildman–Crippen MR) is 107 cm³/mol. The maximum atomic E-state index is 11.5. The van der Waals surface area contributed by atoms with Gasteiger partial charge in [-0.15, -0.1) is 0 Å². The minimum atomic E-state index is -0.0854. The van der Waals surface area contributed by atoms with Crippen molar-refractivity contribution in [3.05, 3.63) is 85.1 Å². The van der Waals surface area contributed by atoms with Crippen LogP contribution in [0.2, 0.25) is 0 Å². The van der Waals surface area contributed by atoms with Gasteiger partial charge in [-0.05, 0) is 29.3 Å². The smallest absolute Gasteiger partial charge is 0.221 e. The van der Waals surface area contributed by atoms with Crippen molar-refractivity contribution in [2.75, 3.05) is 5.32 Å². The minimum absolute atomic E-state index is 0.0854. The fraction of sp³-hybridized carbons (Fsp3) is 0.0435. The maximum absolute atomic E-state index is 11.5. The Morgan fingerprint density at radius 3 is 2.15 bits per heavy atom. The molecule has 3 nitrogen and oxygen atoms in total. The molecule has 0 unspecified atom stereocenters. The number of amides is 1. The largest absolute Gasteiger partial charge is 0.326 e. The normalized spacial score (nSPS) is 10.7. The molecule has 126 valence electrons. The van der Waals surface area contributed by atoms with E-state index in [4.69, 9.17) is 0 Å². The zero-order chi connectivity index (χ0) is 17.9. The molecule has 1 heterocycles. The maximum Gasteiger partial charge on any atom is 0.221 e. The first-order valence-electron chi connectivity index (χ1n) is 8.53. The second kappa shape index (κ2) is 6.81. The molecule has 0 bridgehead atoms. The summed E-state index contributed by atoms with van der Waals surface area (Å²) in [5.41, 5.74) is 6.11. The third-order valence-electron chi connectivity index (χ3n) is 4.34. The van der Waals surface area contributed by atoms with Gasteiger partial charge in [0.15, 0.2) is 0 Å². The Balaban J connectivity index is 2.03. The van der Waals surface area contributed by atoms with Crippen LogP contribution in [0.4, 0.5) is 5.69 Å². The molecule has 3 heteroatoms. The average Bonchev–Trinajstić information content (AvgIpc) is 2.68. The predicted octanol–water partition coefficient (Wildman–Crippen LogP) is 5.53. The average molecular weight is 338 g/mol. The Hall–Kier alpha value is -3.46. The van der Waals surface area contributed by atoms with Gasteiger partial charge >= 0.3 is 0 Å². The fourth-order valence-corrected chi connectivity index (χ4v) is 3.23. The van der Waals surface area contributed by atoms with E-state index in [9.17, 15) is 4.79 Å². The van der Waals surface area contributed by atoms with Crippen molar-refractivity contribution >= 4 is 22.5 Å². The van der Waals surface area contributed by atoms with E-state index in [-0.39, 0.29) is 5.91 Å². The Morgan fingerprint density at radius 2 is 1.50 bits per heavy atom. The molecule has 0 aliphatic carbocycles. The van der Waals surface area contributed by atoms with Crippen molar-refractivity contribution in [3.63, 3.8) is 0 Å². The molecule has 3 aromatic carbocycles. The van der Waals surface area contributed by atoms with Crippen molar-refractivity contribution in [3.8, 4) is 22.3 Å². The van der Waals surface area contributed by atoms with E-state index in [1.54, 1.807) is 0 Å². The van der Waals surface area contributed by atoms with Crippen LogP contribution < -0.4 is 5.32 Å². The molecule has 0 spiro atoms. The Bertz CT molecular complexity index is 1070. The molecule has 26 heavy (non-hydrogen) atoms. The van der Waals surface area contributed by atoms with Gasteiger partial charge in [0.05, 0.1) is 5.52 Å². The van der Waals surface area contributed by atoms with Crippen LogP contribution in [0.15, 0.2) is 85.1 Å². The number of anilines is 1. The molecular formula is C23H18N2O. The van der Waals surface area contributed by atoms with Gasteiger partial charge < -0.3 is 5.32 Å². The number of fused-ring (bicyclic) bond motifs is 1. The zero-order valence-corrected chi connectivity index (χ0v) is 14.4. The lowest BCUT2D eigenvalue weighted by Gasteiger charge is -2.14. The van der Waals surface area contributed by atoms with E-state index >= 15 is 0 Å². The summed E-state index contributed by atoms with van der Waals surface area (Å²) in [5.74, 6) is -0.0854. The number of benzene rings is 3. The fourth-order valence-electron chi connectivity index (χ4n) is 3.23. The first-order valence-corrected chi connectivity index (χ1v) is 8.53. The van der Waals surface area contributed by atoms with E-state index in [0.717, 1.165) is 38.8 Å². The highest BCUT2D eigenvalue weighted by Crippen LogP contribution is 2.37. The summed E-state index contributed by atoms with van der Waals surface area (Å²) < 4.78 is 0. The number of rotatable bonds is 3. The second-order valence-corrected chi connectivity index (χ2v) is 6.19.